The van der Waals surface area contributed by atoms with E-state index in [9.17, 15) is 0 Å². The van der Waals surface area contributed by atoms with Crippen molar-refractivity contribution >= 4 is 51.0 Å². The maximum absolute atomic E-state index is 5.41. The molecule has 0 amide bonds. The molecule has 0 fully saturated rings. The minimum absolute atomic E-state index is 0.268. The fraction of sp³-hybridized carbons (Fsp3) is 0.632. The molecule has 0 aliphatic carbocycles. The van der Waals surface area contributed by atoms with Gasteiger partial charge in [0.1, 0.15) is 29.0 Å². The lowest BCUT2D eigenvalue weighted by Gasteiger charge is -2.31. The number of hydrogen-bond donors (Lipinski definition) is 0. The second kappa shape index (κ2) is 7.21. The van der Waals surface area contributed by atoms with Gasteiger partial charge in [-0.15, -0.1) is 33.8 Å². The van der Waals surface area contributed by atoms with Crippen LogP contribution in [0.3, 0.4) is 0 Å². The van der Waals surface area contributed by atoms with E-state index in [-0.39, 0.29) is 10.1 Å². The normalized spacial score (nSPS) is 12.9. The summed E-state index contributed by atoms with van der Waals surface area (Å²) in [5.74, 6) is 6.89. The van der Waals surface area contributed by atoms with Gasteiger partial charge in [0.05, 0.1) is 0 Å². The van der Waals surface area contributed by atoms with Crippen molar-refractivity contribution in [2.45, 2.75) is 77.8 Å². The molecule has 0 N–H and O–H groups in total. The van der Waals surface area contributed by atoms with Crippen molar-refractivity contribution in [1.82, 2.24) is 0 Å². The third-order valence-electron chi connectivity index (χ3n) is 5.30. The minimum atomic E-state index is -1.61. The van der Waals surface area contributed by atoms with Crippen molar-refractivity contribution in [2.75, 3.05) is 0 Å². The van der Waals surface area contributed by atoms with Crippen LogP contribution in [0, 0.1) is 26.1 Å². The molecule has 0 aliphatic heterocycles. The van der Waals surface area contributed by atoms with Gasteiger partial charge in [-0.25, -0.2) is 0 Å². The molecule has 0 atom stereocenters. The Morgan fingerprint density at radius 2 is 1.00 bits per heavy atom. The first-order valence-electron chi connectivity index (χ1n) is 8.27. The molecule has 1 aromatic heterocycles. The van der Waals surface area contributed by atoms with Gasteiger partial charge in [0.15, 0.2) is 0 Å². The molecule has 0 saturated heterocycles. The highest BCUT2D eigenvalue weighted by molar-refractivity contribution is 7.76. The lowest BCUT2D eigenvalue weighted by Crippen LogP contribution is -2.35. The predicted molar refractivity (Wildman–Crippen MR) is 121 cm³/mol. The van der Waals surface area contributed by atoms with Crippen molar-refractivity contribution < 1.29 is 0 Å². The van der Waals surface area contributed by atoms with Crippen LogP contribution >= 0.6 is 34.9 Å². The summed E-state index contributed by atoms with van der Waals surface area (Å²) in [5, 5.41) is 0.537. The van der Waals surface area contributed by atoms with Gasteiger partial charge in [-0.2, -0.15) is 0 Å². The second-order valence-corrected chi connectivity index (χ2v) is 22.6. The fourth-order valence-corrected chi connectivity index (χ4v) is 5.29. The Bertz CT molecular complexity index is 709. The van der Waals surface area contributed by atoms with E-state index in [0.29, 0.717) is 0 Å². The summed E-state index contributed by atoms with van der Waals surface area (Å²) in [6.45, 7) is 23.1. The van der Waals surface area contributed by atoms with E-state index in [1.165, 1.54) is 0 Å². The maximum Gasteiger partial charge on any atom is 0.146 e. The van der Waals surface area contributed by atoms with Crippen LogP contribution in [-0.2, 0) is 0 Å². The highest BCUT2D eigenvalue weighted by Crippen LogP contribution is 2.36. The molecular formula is C19H30S3Si2. The fourth-order valence-electron chi connectivity index (χ4n) is 1.25. The lowest BCUT2D eigenvalue weighted by molar-refractivity contribution is 0.730. The van der Waals surface area contributed by atoms with Crippen molar-refractivity contribution in [2.24, 2.45) is 0 Å². The van der Waals surface area contributed by atoms with E-state index in [0.717, 1.165) is 12.9 Å². The Hall–Kier alpha value is -0.176. The molecule has 0 nitrogen and oxygen atoms in total. The smallest absolute Gasteiger partial charge is 0.125 e. The molecule has 5 heteroatoms. The van der Waals surface area contributed by atoms with Gasteiger partial charge in [-0.05, 0) is 10.1 Å². The van der Waals surface area contributed by atoms with E-state index in [2.05, 4.69) is 90.7 Å². The first-order valence-corrected chi connectivity index (χ1v) is 16.3. The molecule has 0 bridgehead atoms. The SMILES string of the molecule is CC(C)(C)[Si](C)(C)C#Cc1sc(=S)sc1C#C[Si](C)(C)C(C)(C)C. The van der Waals surface area contributed by atoms with Crippen molar-refractivity contribution in [3.05, 3.63) is 12.9 Å². The molecule has 0 unspecified atom stereocenters. The Labute approximate surface area is 164 Å². The zero-order chi connectivity index (χ0) is 19.0. The maximum atomic E-state index is 5.41. The number of hydrogen-bond acceptors (Lipinski definition) is 3. The Balaban J connectivity index is 3.30. The van der Waals surface area contributed by atoms with Gasteiger partial charge >= 0.3 is 0 Å². The molecule has 1 heterocycles. The standard InChI is InChI=1S/C19H30S3Si2/c1-18(2,3)23(7,8)13-11-15-16(22-17(20)21-15)12-14-24(9,10)19(4,5)6/h1-10H3. The molecule has 132 valence electrons. The van der Waals surface area contributed by atoms with E-state index in [1.54, 1.807) is 22.7 Å². The van der Waals surface area contributed by atoms with Crippen LogP contribution in [0.5, 0.6) is 0 Å². The zero-order valence-corrected chi connectivity index (χ0v) is 21.2. The second-order valence-electron chi connectivity index (χ2n) is 9.36. The van der Waals surface area contributed by atoms with Crippen LogP contribution in [-0.4, -0.2) is 16.1 Å². The first-order chi connectivity index (χ1) is 10.6. The Morgan fingerprint density at radius 3 is 1.25 bits per heavy atom. The average molecular weight is 411 g/mol. The Morgan fingerprint density at radius 1 is 0.708 bits per heavy atom. The zero-order valence-electron chi connectivity index (χ0n) is 16.7. The van der Waals surface area contributed by atoms with Crippen LogP contribution in [0.4, 0.5) is 0 Å². The summed E-state index contributed by atoms with van der Waals surface area (Å²) in [4.78, 5) is 2.14. The average Bonchev–Trinajstić information content (AvgIpc) is 2.72. The van der Waals surface area contributed by atoms with Crippen LogP contribution in [0.2, 0.25) is 36.3 Å². The molecule has 0 spiro atoms. The molecular weight excluding hydrogens is 381 g/mol. The van der Waals surface area contributed by atoms with Gasteiger partial charge in [-0.3, -0.25) is 0 Å². The number of rotatable bonds is 0. The summed E-state index contributed by atoms with van der Waals surface area (Å²) in [5.41, 5.74) is 7.20. The van der Waals surface area contributed by atoms with Crippen molar-refractivity contribution in [3.8, 4) is 22.9 Å². The molecule has 0 aromatic carbocycles. The van der Waals surface area contributed by atoms with E-state index in [1.807, 2.05) is 0 Å². The topological polar surface area (TPSA) is 0 Å². The molecule has 1 rings (SSSR count). The molecule has 0 radical (unpaired) electrons. The third kappa shape index (κ3) is 5.41. The summed E-state index contributed by atoms with van der Waals surface area (Å²) in [7, 11) is -3.23. The predicted octanol–water partition coefficient (Wildman–Crippen LogP) is 7.34. The summed E-state index contributed by atoms with van der Waals surface area (Å²) in [6, 6.07) is 0. The quantitative estimate of drug-likeness (QED) is 0.245. The summed E-state index contributed by atoms with van der Waals surface area (Å²) >= 11 is 8.64. The monoisotopic (exact) mass is 410 g/mol. The Kier molecular flexibility index (Phi) is 6.57. The molecule has 1 aromatic rings. The van der Waals surface area contributed by atoms with Gasteiger partial charge in [0.25, 0.3) is 0 Å². The minimum Gasteiger partial charge on any atom is -0.125 e. The summed E-state index contributed by atoms with van der Waals surface area (Å²) in [6.07, 6.45) is 0. The first kappa shape index (κ1) is 21.9. The third-order valence-corrected chi connectivity index (χ3v) is 16.8. The lowest BCUT2D eigenvalue weighted by atomic mass is 10.2. The van der Waals surface area contributed by atoms with Crippen molar-refractivity contribution in [1.29, 1.82) is 0 Å². The molecule has 0 aliphatic rings. The van der Waals surface area contributed by atoms with Crippen LogP contribution < -0.4 is 0 Å². The van der Waals surface area contributed by atoms with Gasteiger partial charge in [0.2, 0.25) is 0 Å². The van der Waals surface area contributed by atoms with Gasteiger partial charge in [-0.1, -0.05) is 91.8 Å². The van der Waals surface area contributed by atoms with E-state index >= 15 is 0 Å². The van der Waals surface area contributed by atoms with Gasteiger partial charge < -0.3 is 0 Å². The largest absolute Gasteiger partial charge is 0.146 e. The van der Waals surface area contributed by atoms with Crippen LogP contribution in [0.15, 0.2) is 0 Å². The molecule has 24 heavy (non-hydrogen) atoms. The van der Waals surface area contributed by atoms with Crippen LogP contribution in [0.25, 0.3) is 0 Å². The van der Waals surface area contributed by atoms with E-state index in [4.69, 9.17) is 12.2 Å². The summed E-state index contributed by atoms with van der Waals surface area (Å²) < 4.78 is 0.925. The highest BCUT2D eigenvalue weighted by atomic mass is 32.2. The van der Waals surface area contributed by atoms with Crippen molar-refractivity contribution in [3.63, 3.8) is 0 Å². The highest BCUT2D eigenvalue weighted by Gasteiger charge is 2.34. The van der Waals surface area contributed by atoms with Gasteiger partial charge in [0, 0.05) is 0 Å². The molecule has 0 saturated carbocycles. The van der Waals surface area contributed by atoms with E-state index < -0.39 is 16.1 Å². The van der Waals surface area contributed by atoms with Crippen LogP contribution in [0.1, 0.15) is 51.3 Å².